The van der Waals surface area contributed by atoms with Crippen LogP contribution in [0.5, 0.6) is 0 Å². The summed E-state index contributed by atoms with van der Waals surface area (Å²) in [4.78, 5) is 26.8. The molecule has 6 N–H and O–H groups in total. The van der Waals surface area contributed by atoms with Crippen LogP contribution in [0.3, 0.4) is 0 Å². The molecule has 1 saturated carbocycles. The van der Waals surface area contributed by atoms with Crippen molar-refractivity contribution in [2.24, 2.45) is 11.7 Å². The molecule has 1 aliphatic carbocycles. The lowest BCUT2D eigenvalue weighted by Crippen LogP contribution is -2.51. The van der Waals surface area contributed by atoms with Gasteiger partial charge in [-0.25, -0.2) is 9.59 Å². The van der Waals surface area contributed by atoms with E-state index in [9.17, 15) is 14.7 Å². The average molecular weight is 369 g/mol. The van der Waals surface area contributed by atoms with E-state index in [1.807, 2.05) is 0 Å². The van der Waals surface area contributed by atoms with Gasteiger partial charge in [-0.2, -0.15) is 4.98 Å². The zero-order valence-electron chi connectivity index (χ0n) is 14.9. The van der Waals surface area contributed by atoms with E-state index in [-0.39, 0.29) is 18.5 Å². The van der Waals surface area contributed by atoms with Gasteiger partial charge < -0.3 is 31.1 Å². The molecule has 1 aliphatic rings. The number of nitrogens with one attached hydrogen (secondary N) is 2. The van der Waals surface area contributed by atoms with Crippen molar-refractivity contribution in [3.05, 3.63) is 11.7 Å². The Bertz CT molecular complexity index is 600. The summed E-state index contributed by atoms with van der Waals surface area (Å²) in [6, 6.07) is -2.47. The number of carbonyl (C=O) groups excluding carboxylic acids is 1. The van der Waals surface area contributed by atoms with Crippen molar-refractivity contribution in [2.45, 2.75) is 70.2 Å². The largest absolute Gasteiger partial charge is 0.480 e. The van der Waals surface area contributed by atoms with Gasteiger partial charge in [0, 0.05) is 0 Å². The molecule has 1 aromatic rings. The third-order valence-corrected chi connectivity index (χ3v) is 4.56. The van der Waals surface area contributed by atoms with Gasteiger partial charge >= 0.3 is 12.0 Å². The fraction of sp³-hybridized carbons (Fsp3) is 0.750. The summed E-state index contributed by atoms with van der Waals surface area (Å²) in [5.41, 5.74) is 6.15. The maximum Gasteiger partial charge on any atom is 0.328 e. The maximum atomic E-state index is 11.7. The zero-order valence-corrected chi connectivity index (χ0v) is 14.9. The lowest BCUT2D eigenvalue weighted by Gasteiger charge is -2.23. The molecule has 0 saturated heterocycles. The molecule has 3 unspecified atom stereocenters. The second-order valence-electron chi connectivity index (χ2n) is 6.78. The fourth-order valence-corrected chi connectivity index (χ4v) is 3.11. The van der Waals surface area contributed by atoms with Gasteiger partial charge in [-0.15, -0.1) is 0 Å². The smallest absolute Gasteiger partial charge is 0.328 e. The summed E-state index contributed by atoms with van der Waals surface area (Å²) in [7, 11) is 0. The number of hydrogen-bond acceptors (Lipinski definition) is 7. The Labute approximate surface area is 151 Å². The number of aliphatic hydroxyl groups is 1. The number of rotatable bonds is 8. The molecule has 1 aromatic heterocycles. The molecule has 0 spiro atoms. The second-order valence-corrected chi connectivity index (χ2v) is 6.78. The molecule has 10 nitrogen and oxygen atoms in total. The summed E-state index contributed by atoms with van der Waals surface area (Å²) < 4.78 is 5.08. The quantitative estimate of drug-likeness (QED) is 0.446. The van der Waals surface area contributed by atoms with Gasteiger partial charge in [-0.1, -0.05) is 37.3 Å². The third-order valence-electron chi connectivity index (χ3n) is 4.56. The molecule has 3 atom stereocenters. The Hall–Kier alpha value is -2.20. The van der Waals surface area contributed by atoms with Gasteiger partial charge in [-0.3, -0.25) is 0 Å². The van der Waals surface area contributed by atoms with Crippen LogP contribution >= 0.6 is 0 Å². The molecule has 1 heterocycles. The Morgan fingerprint density at radius 3 is 2.65 bits per heavy atom. The van der Waals surface area contributed by atoms with E-state index in [1.165, 1.54) is 39.0 Å². The van der Waals surface area contributed by atoms with E-state index in [4.69, 9.17) is 15.4 Å². The Balaban J connectivity index is 1.80. The van der Waals surface area contributed by atoms with Crippen molar-refractivity contribution < 1.29 is 24.3 Å². The predicted molar refractivity (Wildman–Crippen MR) is 90.9 cm³/mol. The minimum atomic E-state index is -1.41. The van der Waals surface area contributed by atoms with E-state index in [2.05, 4.69) is 20.8 Å². The molecule has 0 aromatic carbocycles. The number of nitrogens with zero attached hydrogens (tertiary/aromatic N) is 2. The number of urea groups is 1. The van der Waals surface area contributed by atoms with Crippen molar-refractivity contribution in [2.75, 3.05) is 0 Å². The molecule has 1 fully saturated rings. The fourth-order valence-electron chi connectivity index (χ4n) is 3.11. The maximum absolute atomic E-state index is 11.7. The number of aromatic nitrogens is 2. The number of aliphatic hydroxyl groups excluding tert-OH is 1. The van der Waals surface area contributed by atoms with Gasteiger partial charge in [0.15, 0.2) is 11.9 Å². The van der Waals surface area contributed by atoms with Gasteiger partial charge in [-0.05, 0) is 19.3 Å². The van der Waals surface area contributed by atoms with Gasteiger partial charge in [0.1, 0.15) is 0 Å². The highest BCUT2D eigenvalue weighted by Crippen LogP contribution is 2.30. The van der Waals surface area contributed by atoms with E-state index < -0.39 is 24.1 Å². The van der Waals surface area contributed by atoms with Crippen LogP contribution < -0.4 is 16.4 Å². The number of carbonyl (C=O) groups is 2. The standard InChI is InChI=1S/C16H27N5O5/c1-9(22)13(15(23)24)20-16(25)18-8-12-19-14(21-26-12)11(17)7-10-5-3-2-4-6-10/h9-11,13,22H,2-8,17H2,1H3,(H,23,24)(H2,18,20,25). The number of hydrogen-bond donors (Lipinski definition) is 5. The van der Waals surface area contributed by atoms with Crippen LogP contribution in [0.4, 0.5) is 4.79 Å². The summed E-state index contributed by atoms with van der Waals surface area (Å²) in [5, 5.41) is 26.7. The number of carboxylic acid groups (broad SMARTS) is 1. The average Bonchev–Trinajstić information content (AvgIpc) is 3.07. The Morgan fingerprint density at radius 1 is 1.35 bits per heavy atom. The minimum absolute atomic E-state index is 0.0683. The topological polar surface area (TPSA) is 164 Å². The highest BCUT2D eigenvalue weighted by molar-refractivity contribution is 5.82. The Morgan fingerprint density at radius 2 is 2.04 bits per heavy atom. The van der Waals surface area contributed by atoms with Crippen LogP contribution in [0, 0.1) is 5.92 Å². The normalized spacial score (nSPS) is 18.7. The van der Waals surface area contributed by atoms with E-state index in [0.717, 1.165) is 6.42 Å². The molecule has 2 amide bonds. The molecule has 0 radical (unpaired) electrons. The molecule has 146 valence electrons. The van der Waals surface area contributed by atoms with E-state index in [0.29, 0.717) is 11.7 Å². The summed E-state index contributed by atoms with van der Waals surface area (Å²) in [5.74, 6) is -0.166. The summed E-state index contributed by atoms with van der Waals surface area (Å²) in [6.45, 7) is 1.21. The molecule has 26 heavy (non-hydrogen) atoms. The first-order chi connectivity index (χ1) is 12.4. The SMILES string of the molecule is CC(O)C(NC(=O)NCc1nc(C(N)CC2CCCCC2)no1)C(=O)O. The van der Waals surface area contributed by atoms with E-state index >= 15 is 0 Å². The number of aliphatic carboxylic acids is 1. The van der Waals surface area contributed by atoms with Crippen molar-refractivity contribution in [1.82, 2.24) is 20.8 Å². The van der Waals surface area contributed by atoms with E-state index in [1.54, 1.807) is 0 Å². The van der Waals surface area contributed by atoms with Gasteiger partial charge in [0.25, 0.3) is 0 Å². The van der Waals surface area contributed by atoms with Crippen molar-refractivity contribution in [3.8, 4) is 0 Å². The van der Waals surface area contributed by atoms with Crippen molar-refractivity contribution in [1.29, 1.82) is 0 Å². The predicted octanol–water partition coefficient (Wildman–Crippen LogP) is 0.673. The summed E-state index contributed by atoms with van der Waals surface area (Å²) in [6.07, 6.45) is 5.68. The first kappa shape index (κ1) is 20.1. The molecule has 0 bridgehead atoms. The van der Waals surface area contributed by atoms with Crippen LogP contribution in [0.25, 0.3) is 0 Å². The van der Waals surface area contributed by atoms with Crippen LogP contribution in [-0.4, -0.2) is 44.5 Å². The number of nitrogens with two attached hydrogens (primary N) is 1. The van der Waals surface area contributed by atoms with Crippen molar-refractivity contribution in [3.63, 3.8) is 0 Å². The minimum Gasteiger partial charge on any atom is -0.480 e. The number of carboxylic acids is 1. The zero-order chi connectivity index (χ0) is 19.1. The van der Waals surface area contributed by atoms with Crippen LogP contribution in [0.1, 0.15) is 63.2 Å². The first-order valence-corrected chi connectivity index (χ1v) is 8.90. The third kappa shape index (κ3) is 5.95. The Kier molecular flexibility index (Phi) is 7.34. The summed E-state index contributed by atoms with van der Waals surface area (Å²) >= 11 is 0. The molecule has 10 heteroatoms. The molecular weight excluding hydrogens is 342 g/mol. The van der Waals surface area contributed by atoms with Gasteiger partial charge in [0.2, 0.25) is 5.89 Å². The lowest BCUT2D eigenvalue weighted by atomic mass is 9.85. The second kappa shape index (κ2) is 9.48. The highest BCUT2D eigenvalue weighted by atomic mass is 16.5. The van der Waals surface area contributed by atoms with Crippen LogP contribution in [0.15, 0.2) is 4.52 Å². The molecule has 2 rings (SSSR count). The molecule has 0 aliphatic heterocycles. The van der Waals surface area contributed by atoms with Crippen LogP contribution in [0.2, 0.25) is 0 Å². The van der Waals surface area contributed by atoms with Crippen molar-refractivity contribution >= 4 is 12.0 Å². The first-order valence-electron chi connectivity index (χ1n) is 8.90. The molecular formula is C16H27N5O5. The monoisotopic (exact) mass is 369 g/mol. The van der Waals surface area contributed by atoms with Gasteiger partial charge in [0.05, 0.1) is 18.7 Å². The van der Waals surface area contributed by atoms with Crippen LogP contribution in [-0.2, 0) is 11.3 Å². The lowest BCUT2D eigenvalue weighted by molar-refractivity contribution is -0.141. The highest BCUT2D eigenvalue weighted by Gasteiger charge is 2.25. The number of amides is 2.